The van der Waals surface area contributed by atoms with Crippen LogP contribution in [0.2, 0.25) is 0 Å². The molecule has 1 aliphatic carbocycles. The molecule has 1 atom stereocenters. The maximum atomic E-state index is 12.4. The summed E-state index contributed by atoms with van der Waals surface area (Å²) in [6, 6.07) is 9.80. The average molecular weight is 334 g/mol. The van der Waals surface area contributed by atoms with Gasteiger partial charge in [-0.05, 0) is 26.2 Å². The second kappa shape index (κ2) is 6.47. The molecule has 0 saturated heterocycles. The van der Waals surface area contributed by atoms with E-state index >= 15 is 0 Å². The number of hydrogen-bond donors (Lipinski definition) is 1. The summed E-state index contributed by atoms with van der Waals surface area (Å²) in [5, 5.41) is 3.02. The maximum absolute atomic E-state index is 12.4. The molecule has 1 aliphatic rings. The first-order valence-electron chi connectivity index (χ1n) is 8.34. The van der Waals surface area contributed by atoms with Crippen molar-refractivity contribution in [3.05, 3.63) is 65.6 Å². The molecule has 1 N–H and O–H groups in total. The number of carbonyl (C=O) groups is 1. The van der Waals surface area contributed by atoms with Crippen molar-refractivity contribution in [2.45, 2.75) is 32.2 Å². The molecule has 6 nitrogen and oxygen atoms in total. The highest BCUT2D eigenvalue weighted by atomic mass is 16.3. The Morgan fingerprint density at radius 2 is 2.08 bits per heavy atom. The van der Waals surface area contributed by atoms with E-state index in [4.69, 9.17) is 9.40 Å². The van der Waals surface area contributed by atoms with Crippen molar-refractivity contribution in [3.63, 3.8) is 0 Å². The standard InChI is InChI=1S/C19H18N4O2/c1-12-17(25-11-21-12)19(24)23-16-9-5-8-15-14(16)10-20-18(22-15)13-6-3-2-4-7-13/h2-4,6-7,10-11,16H,5,8-9H2,1H3,(H,23,24)/t16-/m0/s1. The quantitative estimate of drug-likeness (QED) is 0.795. The Labute approximate surface area is 145 Å². The number of rotatable bonds is 3. The van der Waals surface area contributed by atoms with Gasteiger partial charge < -0.3 is 9.73 Å². The Morgan fingerprint density at radius 3 is 2.84 bits per heavy atom. The van der Waals surface area contributed by atoms with Crippen LogP contribution in [0.1, 0.15) is 46.4 Å². The number of nitrogens with one attached hydrogen (secondary N) is 1. The van der Waals surface area contributed by atoms with Crippen molar-refractivity contribution in [3.8, 4) is 11.4 Å². The summed E-state index contributed by atoms with van der Waals surface area (Å²) < 4.78 is 5.18. The van der Waals surface area contributed by atoms with Crippen LogP contribution in [0.3, 0.4) is 0 Å². The predicted molar refractivity (Wildman–Crippen MR) is 91.9 cm³/mol. The van der Waals surface area contributed by atoms with Crippen molar-refractivity contribution in [2.75, 3.05) is 0 Å². The first-order chi connectivity index (χ1) is 12.2. The van der Waals surface area contributed by atoms with Crippen LogP contribution < -0.4 is 5.32 Å². The van der Waals surface area contributed by atoms with Crippen LogP contribution in [-0.4, -0.2) is 20.9 Å². The first kappa shape index (κ1) is 15.5. The molecular formula is C19H18N4O2. The molecule has 4 rings (SSSR count). The fraction of sp³-hybridized carbons (Fsp3) is 0.263. The Bertz CT molecular complexity index is 905. The zero-order valence-electron chi connectivity index (χ0n) is 13.9. The molecule has 6 heteroatoms. The number of fused-ring (bicyclic) bond motifs is 1. The van der Waals surface area contributed by atoms with Crippen LogP contribution in [0.15, 0.2) is 47.3 Å². The molecule has 2 heterocycles. The minimum absolute atomic E-state index is 0.106. The van der Waals surface area contributed by atoms with Gasteiger partial charge >= 0.3 is 0 Å². The highest BCUT2D eigenvalue weighted by Crippen LogP contribution is 2.30. The third-order valence-corrected chi connectivity index (χ3v) is 4.47. The van der Waals surface area contributed by atoms with Gasteiger partial charge in [0.25, 0.3) is 5.91 Å². The number of amides is 1. The van der Waals surface area contributed by atoms with Crippen molar-refractivity contribution in [2.24, 2.45) is 0 Å². The first-order valence-corrected chi connectivity index (χ1v) is 8.34. The third-order valence-electron chi connectivity index (χ3n) is 4.47. The molecule has 2 aromatic heterocycles. The Kier molecular flexibility index (Phi) is 4.01. The summed E-state index contributed by atoms with van der Waals surface area (Å²) in [6.07, 6.45) is 5.85. The van der Waals surface area contributed by atoms with Gasteiger partial charge in [-0.3, -0.25) is 4.79 Å². The number of oxazole rings is 1. The maximum Gasteiger partial charge on any atom is 0.289 e. The third kappa shape index (κ3) is 3.03. The molecule has 25 heavy (non-hydrogen) atoms. The van der Waals surface area contributed by atoms with Crippen molar-refractivity contribution < 1.29 is 9.21 Å². The Morgan fingerprint density at radius 1 is 1.24 bits per heavy atom. The number of nitrogens with zero attached hydrogens (tertiary/aromatic N) is 3. The fourth-order valence-corrected chi connectivity index (χ4v) is 3.17. The van der Waals surface area contributed by atoms with Gasteiger partial charge in [0.1, 0.15) is 0 Å². The number of hydrogen-bond acceptors (Lipinski definition) is 5. The number of aromatic nitrogens is 3. The largest absolute Gasteiger partial charge is 0.438 e. The van der Waals surface area contributed by atoms with Gasteiger partial charge in [0.15, 0.2) is 12.2 Å². The van der Waals surface area contributed by atoms with Gasteiger partial charge in [-0.15, -0.1) is 0 Å². The number of aryl methyl sites for hydroxylation is 2. The fourth-order valence-electron chi connectivity index (χ4n) is 3.17. The molecule has 0 aliphatic heterocycles. The molecule has 0 fully saturated rings. The van der Waals surface area contributed by atoms with Crippen LogP contribution in [-0.2, 0) is 6.42 Å². The Hall–Kier alpha value is -3.02. The second-order valence-corrected chi connectivity index (χ2v) is 6.15. The highest BCUT2D eigenvalue weighted by molar-refractivity contribution is 5.92. The van der Waals surface area contributed by atoms with E-state index in [2.05, 4.69) is 15.3 Å². The van der Waals surface area contributed by atoms with E-state index in [1.165, 1.54) is 6.39 Å². The molecule has 0 spiro atoms. The van der Waals surface area contributed by atoms with Crippen LogP contribution in [0.25, 0.3) is 11.4 Å². The van der Waals surface area contributed by atoms with Gasteiger partial charge in [0, 0.05) is 23.0 Å². The van der Waals surface area contributed by atoms with E-state index in [0.29, 0.717) is 5.69 Å². The lowest BCUT2D eigenvalue weighted by molar-refractivity contribution is 0.0903. The van der Waals surface area contributed by atoms with Crippen LogP contribution in [0, 0.1) is 6.92 Å². The summed E-state index contributed by atoms with van der Waals surface area (Å²) in [5.74, 6) is 0.728. The molecule has 1 aromatic carbocycles. The van der Waals surface area contributed by atoms with E-state index in [0.717, 1.165) is 41.9 Å². The summed E-state index contributed by atoms with van der Waals surface area (Å²) in [5.41, 5.74) is 3.56. The molecule has 0 unspecified atom stereocenters. The zero-order valence-corrected chi connectivity index (χ0v) is 13.9. The van der Waals surface area contributed by atoms with Crippen molar-refractivity contribution in [1.82, 2.24) is 20.3 Å². The summed E-state index contributed by atoms with van der Waals surface area (Å²) in [7, 11) is 0. The number of carbonyl (C=O) groups excluding carboxylic acids is 1. The van der Waals surface area contributed by atoms with Crippen molar-refractivity contribution >= 4 is 5.91 Å². The molecule has 0 bridgehead atoms. The van der Waals surface area contributed by atoms with Gasteiger partial charge in [0.2, 0.25) is 5.76 Å². The van der Waals surface area contributed by atoms with E-state index in [9.17, 15) is 4.79 Å². The summed E-state index contributed by atoms with van der Waals surface area (Å²) >= 11 is 0. The lowest BCUT2D eigenvalue weighted by Gasteiger charge is -2.25. The molecule has 0 saturated carbocycles. The molecule has 0 radical (unpaired) electrons. The van der Waals surface area contributed by atoms with Crippen LogP contribution in [0.5, 0.6) is 0 Å². The van der Waals surface area contributed by atoms with Crippen molar-refractivity contribution in [1.29, 1.82) is 0 Å². The Balaban J connectivity index is 1.60. The zero-order chi connectivity index (χ0) is 17.2. The predicted octanol–water partition coefficient (Wildman–Crippen LogP) is 3.25. The smallest absolute Gasteiger partial charge is 0.289 e. The van der Waals surface area contributed by atoms with Crippen LogP contribution >= 0.6 is 0 Å². The van der Waals surface area contributed by atoms with E-state index in [1.54, 1.807) is 6.92 Å². The van der Waals surface area contributed by atoms with Crippen LogP contribution in [0.4, 0.5) is 0 Å². The van der Waals surface area contributed by atoms with E-state index < -0.39 is 0 Å². The topological polar surface area (TPSA) is 80.9 Å². The minimum Gasteiger partial charge on any atom is -0.438 e. The highest BCUT2D eigenvalue weighted by Gasteiger charge is 2.26. The number of benzene rings is 1. The second-order valence-electron chi connectivity index (χ2n) is 6.15. The summed E-state index contributed by atoms with van der Waals surface area (Å²) in [6.45, 7) is 1.75. The molecule has 1 amide bonds. The molecule has 3 aromatic rings. The van der Waals surface area contributed by atoms with Gasteiger partial charge in [-0.1, -0.05) is 30.3 Å². The van der Waals surface area contributed by atoms with Gasteiger partial charge in [-0.25, -0.2) is 15.0 Å². The minimum atomic E-state index is -0.250. The molecule has 126 valence electrons. The van der Waals surface area contributed by atoms with E-state index in [1.807, 2.05) is 36.5 Å². The summed E-state index contributed by atoms with van der Waals surface area (Å²) in [4.78, 5) is 25.6. The average Bonchev–Trinajstić information content (AvgIpc) is 3.08. The van der Waals surface area contributed by atoms with Gasteiger partial charge in [0.05, 0.1) is 11.7 Å². The monoisotopic (exact) mass is 334 g/mol. The molecular weight excluding hydrogens is 316 g/mol. The SMILES string of the molecule is Cc1ncoc1C(=O)N[C@H]1CCCc2nc(-c3ccccc3)ncc21. The normalized spacial score (nSPS) is 16.3. The van der Waals surface area contributed by atoms with Gasteiger partial charge in [-0.2, -0.15) is 0 Å². The lowest BCUT2D eigenvalue weighted by atomic mass is 9.92. The van der Waals surface area contributed by atoms with E-state index in [-0.39, 0.29) is 17.7 Å². The lowest BCUT2D eigenvalue weighted by Crippen LogP contribution is -2.31.